The lowest BCUT2D eigenvalue weighted by molar-refractivity contribution is -0.121. The predicted molar refractivity (Wildman–Crippen MR) is 87.6 cm³/mol. The van der Waals surface area contributed by atoms with E-state index in [1.54, 1.807) is 19.1 Å². The van der Waals surface area contributed by atoms with Gasteiger partial charge in [-0.3, -0.25) is 4.79 Å². The highest BCUT2D eigenvalue weighted by molar-refractivity contribution is 5.90. The van der Waals surface area contributed by atoms with E-state index in [4.69, 9.17) is 23.3 Å². The van der Waals surface area contributed by atoms with E-state index in [-0.39, 0.29) is 25.9 Å². The maximum Gasteiger partial charge on any atom is 0.251 e. The normalized spacial score (nSPS) is 12.3. The number of amides is 1. The van der Waals surface area contributed by atoms with Crippen LogP contribution >= 0.6 is 0 Å². The molecule has 2 aromatic heterocycles. The quantitative estimate of drug-likeness (QED) is 0.717. The van der Waals surface area contributed by atoms with E-state index < -0.39 is 0 Å². The molecule has 0 saturated heterocycles. The topological polar surface area (TPSA) is 109 Å². The highest BCUT2D eigenvalue weighted by atomic mass is 16.7. The molecule has 0 spiro atoms. The van der Waals surface area contributed by atoms with E-state index in [0.717, 1.165) is 5.56 Å². The first-order chi connectivity index (χ1) is 12.7. The molecule has 134 valence electrons. The minimum absolute atomic E-state index is 0.138. The second-order valence-electron chi connectivity index (χ2n) is 5.61. The molecule has 3 heterocycles. The third-order valence-electron chi connectivity index (χ3n) is 3.59. The van der Waals surface area contributed by atoms with Gasteiger partial charge in [0, 0.05) is 17.7 Å². The minimum Gasteiger partial charge on any atom is -0.454 e. The Kier molecular flexibility index (Phi) is 4.28. The van der Waals surface area contributed by atoms with Crippen LogP contribution in [0.25, 0.3) is 11.3 Å². The Bertz CT molecular complexity index is 932. The number of hydrogen-bond acceptors (Lipinski definition) is 8. The zero-order valence-electron chi connectivity index (χ0n) is 13.9. The number of nitrogens with zero attached hydrogens (tertiary/aromatic N) is 2. The first-order valence-corrected chi connectivity index (χ1v) is 7.84. The Labute approximate surface area is 147 Å². The predicted octanol–water partition coefficient (Wildman–Crippen LogP) is 2.52. The number of benzene rings is 1. The number of hydrogen-bond donors (Lipinski definition) is 1. The van der Waals surface area contributed by atoms with Crippen molar-refractivity contribution in [3.63, 3.8) is 0 Å². The molecule has 0 radical (unpaired) electrons. The van der Waals surface area contributed by atoms with Crippen LogP contribution in [0.4, 0.5) is 5.82 Å². The Morgan fingerprint density at radius 3 is 2.88 bits per heavy atom. The van der Waals surface area contributed by atoms with E-state index in [2.05, 4.69) is 15.6 Å². The number of carbonyl (C=O) groups is 1. The van der Waals surface area contributed by atoms with Crippen LogP contribution < -0.4 is 14.8 Å². The lowest BCUT2D eigenvalue weighted by Crippen LogP contribution is -2.18. The lowest BCUT2D eigenvalue weighted by Gasteiger charge is -2.01. The van der Waals surface area contributed by atoms with Crippen molar-refractivity contribution >= 4 is 11.7 Å². The molecule has 1 aliphatic rings. The molecule has 0 saturated carbocycles. The van der Waals surface area contributed by atoms with Gasteiger partial charge in [0.15, 0.2) is 23.1 Å². The highest BCUT2D eigenvalue weighted by Gasteiger charge is 2.16. The smallest absolute Gasteiger partial charge is 0.251 e. The highest BCUT2D eigenvalue weighted by Crippen LogP contribution is 2.36. The summed E-state index contributed by atoms with van der Waals surface area (Å²) in [6, 6.07) is 8.85. The maximum absolute atomic E-state index is 11.8. The first-order valence-electron chi connectivity index (χ1n) is 7.84. The van der Waals surface area contributed by atoms with Crippen molar-refractivity contribution in [1.29, 1.82) is 0 Å². The second kappa shape index (κ2) is 6.89. The summed E-state index contributed by atoms with van der Waals surface area (Å²) >= 11 is 0. The maximum atomic E-state index is 11.8. The standard InChI is InChI=1S/C17H15N3O6/c1-10-4-16(20-25-10)18-17(21)8-22-7-12-6-14(26-19-12)11-2-3-13-15(5-11)24-9-23-13/h2-6H,7-9H2,1H3,(H,18,20,21). The van der Waals surface area contributed by atoms with Crippen LogP contribution in [0.5, 0.6) is 11.5 Å². The van der Waals surface area contributed by atoms with Gasteiger partial charge in [-0.15, -0.1) is 0 Å². The Hall–Kier alpha value is -3.33. The molecule has 0 unspecified atom stereocenters. The van der Waals surface area contributed by atoms with Crippen LogP contribution in [0.1, 0.15) is 11.5 Å². The fourth-order valence-corrected chi connectivity index (χ4v) is 2.42. The third-order valence-corrected chi connectivity index (χ3v) is 3.59. The molecule has 1 amide bonds. The molecule has 1 N–H and O–H groups in total. The number of ether oxygens (including phenoxy) is 3. The zero-order chi connectivity index (χ0) is 17.9. The number of aryl methyl sites for hydroxylation is 1. The summed E-state index contributed by atoms with van der Waals surface area (Å²) in [5.74, 6) is 2.56. The van der Waals surface area contributed by atoms with Gasteiger partial charge in [0.2, 0.25) is 6.79 Å². The van der Waals surface area contributed by atoms with Crippen LogP contribution in [-0.2, 0) is 16.1 Å². The van der Waals surface area contributed by atoms with Gasteiger partial charge in [0.05, 0.1) is 6.61 Å². The molecule has 1 aliphatic heterocycles. The van der Waals surface area contributed by atoms with Crippen molar-refractivity contribution in [2.45, 2.75) is 13.5 Å². The van der Waals surface area contributed by atoms with E-state index in [1.165, 1.54) is 0 Å². The van der Waals surface area contributed by atoms with E-state index in [0.29, 0.717) is 34.5 Å². The van der Waals surface area contributed by atoms with E-state index in [1.807, 2.05) is 18.2 Å². The minimum atomic E-state index is -0.335. The van der Waals surface area contributed by atoms with Gasteiger partial charge in [-0.1, -0.05) is 10.3 Å². The molecule has 4 rings (SSSR count). The molecular weight excluding hydrogens is 342 g/mol. The van der Waals surface area contributed by atoms with Crippen LogP contribution in [0.3, 0.4) is 0 Å². The van der Waals surface area contributed by atoms with Crippen molar-refractivity contribution in [2.75, 3.05) is 18.7 Å². The third kappa shape index (κ3) is 3.52. The van der Waals surface area contributed by atoms with E-state index >= 15 is 0 Å². The van der Waals surface area contributed by atoms with Crippen LogP contribution in [0.2, 0.25) is 0 Å². The average Bonchev–Trinajstić information content (AvgIpc) is 3.35. The summed E-state index contributed by atoms with van der Waals surface area (Å²) in [6.45, 7) is 1.95. The van der Waals surface area contributed by atoms with Crippen LogP contribution in [0, 0.1) is 6.92 Å². The zero-order valence-corrected chi connectivity index (χ0v) is 13.9. The molecule has 0 fully saturated rings. The fraction of sp³-hybridized carbons (Fsp3) is 0.235. The number of anilines is 1. The Morgan fingerprint density at radius 2 is 2.04 bits per heavy atom. The van der Waals surface area contributed by atoms with Crippen molar-refractivity contribution in [1.82, 2.24) is 10.3 Å². The number of rotatable bonds is 6. The van der Waals surface area contributed by atoms with Crippen molar-refractivity contribution in [3.8, 4) is 22.8 Å². The number of aromatic nitrogens is 2. The van der Waals surface area contributed by atoms with Gasteiger partial charge in [0.25, 0.3) is 5.91 Å². The summed E-state index contributed by atoms with van der Waals surface area (Å²) < 4.78 is 26.2. The lowest BCUT2D eigenvalue weighted by atomic mass is 10.1. The molecule has 0 atom stereocenters. The summed E-state index contributed by atoms with van der Waals surface area (Å²) in [5.41, 5.74) is 1.38. The number of nitrogens with one attached hydrogen (secondary N) is 1. The summed E-state index contributed by atoms with van der Waals surface area (Å²) in [5, 5.41) is 10.2. The second-order valence-corrected chi connectivity index (χ2v) is 5.61. The summed E-state index contributed by atoms with van der Waals surface area (Å²) in [7, 11) is 0. The molecule has 1 aromatic carbocycles. The molecule has 0 bridgehead atoms. The number of fused-ring (bicyclic) bond motifs is 1. The molecule has 3 aromatic rings. The molecule has 9 heteroatoms. The number of carbonyl (C=O) groups excluding carboxylic acids is 1. The Balaban J connectivity index is 1.30. The molecule has 9 nitrogen and oxygen atoms in total. The SMILES string of the molecule is Cc1cc(NC(=O)COCc2cc(-c3ccc4c(c3)OCO4)on2)no1. The average molecular weight is 357 g/mol. The van der Waals surface area contributed by atoms with Crippen molar-refractivity contribution in [2.24, 2.45) is 0 Å². The summed E-state index contributed by atoms with van der Waals surface area (Å²) in [4.78, 5) is 11.8. The van der Waals surface area contributed by atoms with Crippen molar-refractivity contribution < 1.29 is 28.1 Å². The van der Waals surface area contributed by atoms with Gasteiger partial charge in [-0.05, 0) is 25.1 Å². The van der Waals surface area contributed by atoms with Gasteiger partial charge in [0.1, 0.15) is 18.1 Å². The Morgan fingerprint density at radius 1 is 1.15 bits per heavy atom. The first kappa shape index (κ1) is 16.2. The van der Waals surface area contributed by atoms with Crippen molar-refractivity contribution in [3.05, 3.63) is 41.8 Å². The van der Waals surface area contributed by atoms with Gasteiger partial charge < -0.3 is 28.6 Å². The monoisotopic (exact) mass is 357 g/mol. The van der Waals surface area contributed by atoms with Gasteiger partial charge in [-0.2, -0.15) is 0 Å². The van der Waals surface area contributed by atoms with Gasteiger partial charge in [-0.25, -0.2) is 0 Å². The largest absolute Gasteiger partial charge is 0.454 e. The van der Waals surface area contributed by atoms with E-state index in [9.17, 15) is 4.79 Å². The van der Waals surface area contributed by atoms with Gasteiger partial charge >= 0.3 is 0 Å². The summed E-state index contributed by atoms with van der Waals surface area (Å²) in [6.07, 6.45) is 0. The molecular formula is C17H15N3O6. The molecule has 0 aliphatic carbocycles. The molecule has 26 heavy (non-hydrogen) atoms. The van der Waals surface area contributed by atoms with Crippen LogP contribution in [0.15, 0.2) is 39.4 Å². The fourth-order valence-electron chi connectivity index (χ4n) is 2.42. The van der Waals surface area contributed by atoms with Crippen LogP contribution in [-0.4, -0.2) is 29.6 Å².